The van der Waals surface area contributed by atoms with Crippen molar-refractivity contribution in [3.8, 4) is 0 Å². The number of rotatable bonds is 4. The number of hydrogen-bond donors (Lipinski definition) is 0. The Morgan fingerprint density at radius 2 is 1.95 bits per heavy atom. The van der Waals surface area contributed by atoms with Gasteiger partial charge in [0.15, 0.2) is 0 Å². The van der Waals surface area contributed by atoms with E-state index in [-0.39, 0.29) is 36.9 Å². The first-order valence-electron chi connectivity index (χ1n) is 13.8. The van der Waals surface area contributed by atoms with Crippen LogP contribution in [0.25, 0.3) is 0 Å². The minimum atomic E-state index is -4.66. The molecule has 6 rings (SSSR count). The van der Waals surface area contributed by atoms with Crippen LogP contribution in [0, 0.1) is 12.8 Å². The predicted molar refractivity (Wildman–Crippen MR) is 156 cm³/mol. The molecule has 5 heterocycles. The molecule has 3 aromatic rings. The third-order valence-electron chi connectivity index (χ3n) is 8.15. The molecular formula is C30H27ClF3N7O3. The number of hydrogen-bond acceptors (Lipinski definition) is 7. The van der Waals surface area contributed by atoms with E-state index in [1.807, 2.05) is 4.90 Å². The van der Waals surface area contributed by atoms with Crippen LogP contribution in [0.4, 0.5) is 30.4 Å². The highest BCUT2D eigenvalue weighted by atomic mass is 35.5. The molecule has 14 heteroatoms. The zero-order chi connectivity index (χ0) is 31.5. The summed E-state index contributed by atoms with van der Waals surface area (Å²) in [6.45, 7) is 5.94. The highest BCUT2D eigenvalue weighted by Gasteiger charge is 2.49. The molecule has 2 aromatic heterocycles. The molecule has 2 atom stereocenters. The number of anilines is 3. The van der Waals surface area contributed by atoms with Crippen molar-refractivity contribution in [2.75, 3.05) is 28.3 Å². The van der Waals surface area contributed by atoms with E-state index < -0.39 is 35.5 Å². The third kappa shape index (κ3) is 5.14. The first-order chi connectivity index (χ1) is 20.8. The maximum atomic E-state index is 14.0. The number of likely N-dealkylation sites (N-methyl/N-ethyl adjacent to an activating group) is 1. The monoisotopic (exact) mass is 625 g/mol. The number of carbonyl (C=O) groups excluding carboxylic acids is 3. The molecule has 0 N–H and O–H groups in total. The largest absolute Gasteiger partial charge is 0.416 e. The van der Waals surface area contributed by atoms with E-state index in [1.54, 1.807) is 36.3 Å². The number of benzene rings is 1. The van der Waals surface area contributed by atoms with Gasteiger partial charge in [0, 0.05) is 49.9 Å². The van der Waals surface area contributed by atoms with Crippen molar-refractivity contribution in [2.45, 2.75) is 45.2 Å². The van der Waals surface area contributed by atoms with Gasteiger partial charge in [0.25, 0.3) is 0 Å². The standard InChI is InChI=1S/C30H27ClF3N7O3/c1-4-25(42)39-13-18-11-35-23(37-21(18)14-39)15-40-12-17-9-26(43)41(24-10-19(30(32,33)34)8-16(2)36-24)27(17)29(44)38(3)22-7-5-6-20(31)28(22)40/h4-8,10-11,17,27H,1,9,12-15H2,2-3H3/t17-,27+/m1/s1. The highest BCUT2D eigenvalue weighted by molar-refractivity contribution is 6.34. The van der Waals surface area contributed by atoms with Crippen LogP contribution < -0.4 is 14.7 Å². The summed E-state index contributed by atoms with van der Waals surface area (Å²) in [7, 11) is 1.54. The quantitative estimate of drug-likeness (QED) is 0.399. The van der Waals surface area contributed by atoms with E-state index in [0.717, 1.165) is 22.6 Å². The van der Waals surface area contributed by atoms with Gasteiger partial charge in [0.05, 0.1) is 40.7 Å². The Hall–Kier alpha value is -4.52. The van der Waals surface area contributed by atoms with Crippen molar-refractivity contribution in [3.05, 3.63) is 82.5 Å². The number of halogens is 4. The molecule has 228 valence electrons. The number of amides is 3. The van der Waals surface area contributed by atoms with Crippen molar-refractivity contribution in [1.29, 1.82) is 0 Å². The van der Waals surface area contributed by atoms with Crippen LogP contribution in [0.3, 0.4) is 0 Å². The number of nitrogens with zero attached hydrogens (tertiary/aromatic N) is 7. The second-order valence-corrected chi connectivity index (χ2v) is 11.5. The molecule has 3 aliphatic rings. The molecule has 1 aromatic carbocycles. The van der Waals surface area contributed by atoms with Gasteiger partial charge in [-0.05, 0) is 37.3 Å². The fraction of sp³-hybridized carbons (Fsp3) is 0.333. The van der Waals surface area contributed by atoms with Gasteiger partial charge in [-0.25, -0.2) is 15.0 Å². The summed E-state index contributed by atoms with van der Waals surface area (Å²) in [4.78, 5) is 59.1. The van der Waals surface area contributed by atoms with Crippen molar-refractivity contribution in [3.63, 3.8) is 0 Å². The maximum Gasteiger partial charge on any atom is 0.416 e. The summed E-state index contributed by atoms with van der Waals surface area (Å²) in [5.74, 6) is -1.60. The Bertz CT molecular complexity index is 1720. The van der Waals surface area contributed by atoms with Crippen LogP contribution in [-0.2, 0) is 40.2 Å². The third-order valence-corrected chi connectivity index (χ3v) is 8.46. The number of fused-ring (bicyclic) bond motifs is 3. The van der Waals surface area contributed by atoms with Crippen LogP contribution in [0.15, 0.2) is 49.2 Å². The summed E-state index contributed by atoms with van der Waals surface area (Å²) in [5, 5.41) is 0.362. The smallest absolute Gasteiger partial charge is 0.361 e. The zero-order valence-corrected chi connectivity index (χ0v) is 24.6. The van der Waals surface area contributed by atoms with Crippen LogP contribution in [0.2, 0.25) is 5.02 Å². The minimum absolute atomic E-state index is 0.0681. The van der Waals surface area contributed by atoms with Crippen LogP contribution in [0.1, 0.15) is 34.8 Å². The second kappa shape index (κ2) is 10.9. The molecule has 0 saturated carbocycles. The topological polar surface area (TPSA) is 103 Å². The molecule has 0 spiro atoms. The predicted octanol–water partition coefficient (Wildman–Crippen LogP) is 4.29. The summed E-state index contributed by atoms with van der Waals surface area (Å²) >= 11 is 6.71. The van der Waals surface area contributed by atoms with E-state index in [0.29, 0.717) is 41.0 Å². The number of aryl methyl sites for hydroxylation is 1. The Labute approximate surface area is 255 Å². The van der Waals surface area contributed by atoms with Gasteiger partial charge < -0.3 is 14.7 Å². The Balaban J connectivity index is 1.39. The van der Waals surface area contributed by atoms with Crippen molar-refractivity contribution >= 4 is 46.5 Å². The molecule has 0 unspecified atom stereocenters. The summed E-state index contributed by atoms with van der Waals surface area (Å²) < 4.78 is 41.1. The SMILES string of the molecule is C=CC(=O)N1Cc2cnc(CN3C[C@H]4CC(=O)N(c5cc(C(F)(F)F)cc(C)n5)[C@@H]4C(=O)N(C)c4cccc(Cl)c43)nc2C1. The Morgan fingerprint density at radius 3 is 2.68 bits per heavy atom. The first-order valence-corrected chi connectivity index (χ1v) is 14.2. The average Bonchev–Trinajstić information content (AvgIpc) is 3.54. The molecule has 44 heavy (non-hydrogen) atoms. The van der Waals surface area contributed by atoms with E-state index in [2.05, 4.69) is 16.5 Å². The molecule has 3 amide bonds. The molecule has 10 nitrogen and oxygen atoms in total. The molecule has 0 aliphatic carbocycles. The molecule has 0 bridgehead atoms. The lowest BCUT2D eigenvalue weighted by Crippen LogP contribution is -2.52. The number of alkyl halides is 3. The lowest BCUT2D eigenvalue weighted by Gasteiger charge is -2.39. The zero-order valence-electron chi connectivity index (χ0n) is 23.8. The van der Waals surface area contributed by atoms with Gasteiger partial charge in [-0.2, -0.15) is 13.2 Å². The van der Waals surface area contributed by atoms with Crippen LogP contribution in [0.5, 0.6) is 0 Å². The van der Waals surface area contributed by atoms with Gasteiger partial charge >= 0.3 is 6.18 Å². The van der Waals surface area contributed by atoms with E-state index in [9.17, 15) is 27.6 Å². The first kappa shape index (κ1) is 29.5. The number of aromatic nitrogens is 3. The lowest BCUT2D eigenvalue weighted by atomic mass is 9.95. The van der Waals surface area contributed by atoms with Gasteiger partial charge in [-0.1, -0.05) is 24.2 Å². The van der Waals surface area contributed by atoms with E-state index in [4.69, 9.17) is 16.6 Å². The van der Waals surface area contributed by atoms with Crippen LogP contribution in [-0.4, -0.2) is 57.2 Å². The average molecular weight is 626 g/mol. The van der Waals surface area contributed by atoms with Crippen molar-refractivity contribution in [2.24, 2.45) is 5.92 Å². The highest BCUT2D eigenvalue weighted by Crippen LogP contribution is 2.43. The fourth-order valence-electron chi connectivity index (χ4n) is 6.13. The molecule has 1 fully saturated rings. The van der Waals surface area contributed by atoms with Gasteiger partial charge in [0.1, 0.15) is 17.7 Å². The lowest BCUT2D eigenvalue weighted by molar-refractivity contribution is -0.137. The van der Waals surface area contributed by atoms with E-state index >= 15 is 0 Å². The molecule has 1 saturated heterocycles. The maximum absolute atomic E-state index is 14.0. The van der Waals surface area contributed by atoms with Gasteiger partial charge in [-0.15, -0.1) is 0 Å². The minimum Gasteiger partial charge on any atom is -0.361 e. The number of pyridine rings is 1. The van der Waals surface area contributed by atoms with Crippen LogP contribution >= 0.6 is 11.6 Å². The fourth-order valence-corrected chi connectivity index (χ4v) is 6.42. The Morgan fingerprint density at radius 1 is 1.18 bits per heavy atom. The molecule has 3 aliphatic heterocycles. The van der Waals surface area contributed by atoms with Crippen molar-refractivity contribution in [1.82, 2.24) is 19.9 Å². The summed E-state index contributed by atoms with van der Waals surface area (Å²) in [6, 6.07) is 5.68. The molecular weight excluding hydrogens is 599 g/mol. The molecule has 0 radical (unpaired) electrons. The normalized spacial score (nSPS) is 19.9. The van der Waals surface area contributed by atoms with Gasteiger partial charge in [-0.3, -0.25) is 19.3 Å². The van der Waals surface area contributed by atoms with Gasteiger partial charge in [0.2, 0.25) is 17.7 Å². The summed E-state index contributed by atoms with van der Waals surface area (Å²) in [5.41, 5.74) is 1.63. The summed E-state index contributed by atoms with van der Waals surface area (Å²) in [6.07, 6.45) is -1.84. The van der Waals surface area contributed by atoms with E-state index in [1.165, 1.54) is 17.9 Å². The number of carbonyl (C=O) groups is 3. The number of para-hydroxylation sites is 1. The Kier molecular flexibility index (Phi) is 7.31. The second-order valence-electron chi connectivity index (χ2n) is 11.1. The van der Waals surface area contributed by atoms with Crippen molar-refractivity contribution < 1.29 is 27.6 Å².